The number of oxazole rings is 1. The second kappa shape index (κ2) is 8.57. The van der Waals surface area contributed by atoms with Gasteiger partial charge in [0.15, 0.2) is 0 Å². The Balaban J connectivity index is 1.52. The summed E-state index contributed by atoms with van der Waals surface area (Å²) in [6.07, 6.45) is 7.06. The van der Waals surface area contributed by atoms with Crippen LogP contribution in [0, 0.1) is 0 Å². The summed E-state index contributed by atoms with van der Waals surface area (Å²) in [5.41, 5.74) is 4.62. The number of carbonyl (C=O) groups is 1. The Bertz CT molecular complexity index is 990. The van der Waals surface area contributed by atoms with Gasteiger partial charge in [-0.1, -0.05) is 38.1 Å². The lowest BCUT2D eigenvalue weighted by molar-refractivity contribution is 0.102. The number of carbonyl (C=O) groups excluding carboxylic acids is 1. The van der Waals surface area contributed by atoms with E-state index in [9.17, 15) is 4.79 Å². The molecule has 1 amide bonds. The summed E-state index contributed by atoms with van der Waals surface area (Å²) in [6, 6.07) is 10.3. The molecular weight excluding hydrogens is 364 g/mol. The molecule has 3 heterocycles. The molecule has 0 aliphatic carbocycles. The molecule has 6 nitrogen and oxygen atoms in total. The molecule has 1 aliphatic heterocycles. The molecule has 1 saturated heterocycles. The Morgan fingerprint density at radius 3 is 2.79 bits per heavy atom. The summed E-state index contributed by atoms with van der Waals surface area (Å²) >= 11 is 0. The maximum Gasteiger partial charge on any atom is 0.301 e. The van der Waals surface area contributed by atoms with E-state index < -0.39 is 0 Å². The minimum Gasteiger partial charge on any atom is -0.432 e. The largest absolute Gasteiger partial charge is 0.432 e. The van der Waals surface area contributed by atoms with Gasteiger partial charge in [0.05, 0.1) is 11.3 Å². The molecule has 1 fully saturated rings. The fourth-order valence-corrected chi connectivity index (χ4v) is 3.79. The highest BCUT2D eigenvalue weighted by Crippen LogP contribution is 2.29. The minimum atomic E-state index is -0.278. The molecule has 0 atom stereocenters. The summed E-state index contributed by atoms with van der Waals surface area (Å²) in [7, 11) is 0. The SMILES string of the molecule is CC(C)c1ccccc1-c1cncc(C(=O)Nc2nc(C3CCNCC3)co2)c1. The molecule has 0 unspecified atom stereocenters. The first-order valence-electron chi connectivity index (χ1n) is 10.1. The van der Waals surface area contributed by atoms with Crippen molar-refractivity contribution >= 4 is 11.9 Å². The van der Waals surface area contributed by atoms with E-state index in [-0.39, 0.29) is 11.9 Å². The number of nitrogens with zero attached hydrogens (tertiary/aromatic N) is 2. The topological polar surface area (TPSA) is 80.0 Å². The van der Waals surface area contributed by atoms with Gasteiger partial charge in [0, 0.05) is 23.9 Å². The van der Waals surface area contributed by atoms with E-state index in [0.717, 1.165) is 42.8 Å². The van der Waals surface area contributed by atoms with Gasteiger partial charge in [0.25, 0.3) is 5.91 Å². The molecule has 150 valence electrons. The Labute approximate surface area is 170 Å². The third kappa shape index (κ3) is 4.38. The molecule has 4 rings (SSSR count). The van der Waals surface area contributed by atoms with Crippen LogP contribution in [-0.4, -0.2) is 29.0 Å². The molecule has 0 bridgehead atoms. The number of anilines is 1. The van der Waals surface area contributed by atoms with Gasteiger partial charge in [0.1, 0.15) is 6.26 Å². The van der Waals surface area contributed by atoms with Gasteiger partial charge in [-0.3, -0.25) is 15.1 Å². The van der Waals surface area contributed by atoms with Crippen molar-refractivity contribution in [3.8, 4) is 11.1 Å². The number of pyridine rings is 1. The van der Waals surface area contributed by atoms with Crippen molar-refractivity contribution in [2.75, 3.05) is 18.4 Å². The Morgan fingerprint density at radius 1 is 1.21 bits per heavy atom. The maximum absolute atomic E-state index is 12.7. The lowest BCUT2D eigenvalue weighted by atomic mass is 9.93. The zero-order valence-electron chi connectivity index (χ0n) is 16.8. The quantitative estimate of drug-likeness (QED) is 0.667. The van der Waals surface area contributed by atoms with Crippen molar-refractivity contribution in [3.05, 3.63) is 65.8 Å². The number of aromatic nitrogens is 2. The lowest BCUT2D eigenvalue weighted by Gasteiger charge is -2.19. The fraction of sp³-hybridized carbons (Fsp3) is 0.348. The highest BCUT2D eigenvalue weighted by Gasteiger charge is 2.20. The van der Waals surface area contributed by atoms with Crippen molar-refractivity contribution in [2.24, 2.45) is 0 Å². The first-order valence-corrected chi connectivity index (χ1v) is 10.1. The first-order chi connectivity index (χ1) is 14.1. The summed E-state index contributed by atoms with van der Waals surface area (Å²) in [5.74, 6) is 0.479. The van der Waals surface area contributed by atoms with Crippen LogP contribution in [-0.2, 0) is 0 Å². The Morgan fingerprint density at radius 2 is 2.00 bits per heavy atom. The first kappa shape index (κ1) is 19.3. The van der Waals surface area contributed by atoms with E-state index in [0.29, 0.717) is 17.4 Å². The number of hydrogen-bond acceptors (Lipinski definition) is 5. The third-order valence-corrected chi connectivity index (χ3v) is 5.39. The maximum atomic E-state index is 12.7. The molecular formula is C23H26N4O2. The summed E-state index contributed by atoms with van der Waals surface area (Å²) in [4.78, 5) is 21.5. The lowest BCUT2D eigenvalue weighted by Crippen LogP contribution is -2.26. The van der Waals surface area contributed by atoms with E-state index in [4.69, 9.17) is 4.42 Å². The summed E-state index contributed by atoms with van der Waals surface area (Å²) in [5, 5.41) is 6.10. The Hall–Kier alpha value is -2.99. The molecule has 0 radical (unpaired) electrons. The summed E-state index contributed by atoms with van der Waals surface area (Å²) in [6.45, 7) is 6.28. The number of amides is 1. The Kier molecular flexibility index (Phi) is 5.71. The summed E-state index contributed by atoms with van der Waals surface area (Å²) < 4.78 is 5.49. The molecule has 1 aromatic carbocycles. The van der Waals surface area contributed by atoms with Crippen LogP contribution >= 0.6 is 0 Å². The van der Waals surface area contributed by atoms with Gasteiger partial charge in [-0.2, -0.15) is 4.98 Å². The van der Waals surface area contributed by atoms with E-state index >= 15 is 0 Å². The average molecular weight is 390 g/mol. The molecule has 29 heavy (non-hydrogen) atoms. The van der Waals surface area contributed by atoms with Crippen molar-refractivity contribution in [1.29, 1.82) is 0 Å². The van der Waals surface area contributed by atoms with E-state index in [1.165, 1.54) is 5.56 Å². The number of hydrogen-bond donors (Lipinski definition) is 2. The number of rotatable bonds is 5. The van der Waals surface area contributed by atoms with Crippen LogP contribution in [0.5, 0.6) is 0 Å². The standard InChI is InChI=1S/C23H26N4O2/c1-15(2)19-5-3-4-6-20(19)17-11-18(13-25-12-17)22(28)27-23-26-21(14-29-23)16-7-9-24-10-8-16/h3-6,11-16,24H,7-10H2,1-2H3,(H,26,27,28). The molecule has 0 saturated carbocycles. The fourth-order valence-electron chi connectivity index (χ4n) is 3.79. The average Bonchev–Trinajstić information content (AvgIpc) is 3.23. The molecule has 6 heteroatoms. The zero-order valence-corrected chi connectivity index (χ0v) is 16.8. The van der Waals surface area contributed by atoms with Crippen LogP contribution in [0.25, 0.3) is 11.1 Å². The van der Waals surface area contributed by atoms with Gasteiger partial charge < -0.3 is 9.73 Å². The van der Waals surface area contributed by atoms with E-state index in [1.807, 2.05) is 18.2 Å². The normalized spacial score (nSPS) is 14.9. The van der Waals surface area contributed by atoms with Crippen molar-refractivity contribution in [2.45, 2.75) is 38.5 Å². The second-order valence-corrected chi connectivity index (χ2v) is 7.76. The number of benzene rings is 1. The van der Waals surface area contributed by atoms with Crippen LogP contribution in [0.4, 0.5) is 6.01 Å². The van der Waals surface area contributed by atoms with Gasteiger partial charge in [-0.05, 0) is 49.0 Å². The predicted octanol–water partition coefficient (Wildman–Crippen LogP) is 4.58. The van der Waals surface area contributed by atoms with Crippen LogP contribution in [0.3, 0.4) is 0 Å². The van der Waals surface area contributed by atoms with Gasteiger partial charge >= 0.3 is 6.01 Å². The molecule has 3 aromatic rings. The van der Waals surface area contributed by atoms with Crippen molar-refractivity contribution in [3.63, 3.8) is 0 Å². The third-order valence-electron chi connectivity index (χ3n) is 5.39. The van der Waals surface area contributed by atoms with Crippen LogP contribution in [0.15, 0.2) is 53.4 Å². The van der Waals surface area contributed by atoms with Crippen LogP contribution in [0.1, 0.15) is 60.1 Å². The molecule has 0 spiro atoms. The molecule has 2 aromatic heterocycles. The van der Waals surface area contributed by atoms with Gasteiger partial charge in [0.2, 0.25) is 0 Å². The smallest absolute Gasteiger partial charge is 0.301 e. The highest BCUT2D eigenvalue weighted by molar-refractivity contribution is 6.03. The highest BCUT2D eigenvalue weighted by atomic mass is 16.4. The van der Waals surface area contributed by atoms with Gasteiger partial charge in [-0.15, -0.1) is 0 Å². The van der Waals surface area contributed by atoms with E-state index in [2.05, 4.69) is 46.6 Å². The predicted molar refractivity (Wildman–Crippen MR) is 113 cm³/mol. The molecule has 1 aliphatic rings. The van der Waals surface area contributed by atoms with Crippen LogP contribution in [0.2, 0.25) is 0 Å². The monoisotopic (exact) mass is 390 g/mol. The second-order valence-electron chi connectivity index (χ2n) is 7.76. The minimum absolute atomic E-state index is 0.233. The number of nitrogens with one attached hydrogen (secondary N) is 2. The van der Waals surface area contributed by atoms with Crippen molar-refractivity contribution < 1.29 is 9.21 Å². The van der Waals surface area contributed by atoms with Gasteiger partial charge in [-0.25, -0.2) is 0 Å². The van der Waals surface area contributed by atoms with Crippen LogP contribution < -0.4 is 10.6 Å². The number of piperidine rings is 1. The van der Waals surface area contributed by atoms with Crippen molar-refractivity contribution in [1.82, 2.24) is 15.3 Å². The zero-order chi connectivity index (χ0) is 20.2. The molecule has 2 N–H and O–H groups in total. The van der Waals surface area contributed by atoms with E-state index in [1.54, 1.807) is 18.7 Å².